The van der Waals surface area contributed by atoms with Crippen molar-refractivity contribution in [2.24, 2.45) is 5.41 Å². The zero-order chi connectivity index (χ0) is 12.1. The van der Waals surface area contributed by atoms with Crippen molar-refractivity contribution in [3.63, 3.8) is 0 Å². The molecule has 1 aliphatic heterocycles. The van der Waals surface area contributed by atoms with E-state index in [0.717, 1.165) is 38.8 Å². The Hall–Kier alpha value is -1.29. The largest absolute Gasteiger partial charge is 0.316 e. The van der Waals surface area contributed by atoms with Gasteiger partial charge in [0.25, 0.3) is 0 Å². The van der Waals surface area contributed by atoms with Gasteiger partial charge in [0.15, 0.2) is 5.78 Å². The second-order valence-electron chi connectivity index (χ2n) is 4.73. The molecule has 0 amide bonds. The average molecular weight is 233 g/mol. The molecule has 2 rings (SSSR count). The van der Waals surface area contributed by atoms with Gasteiger partial charge in [0.1, 0.15) is 5.69 Å². The topological polar surface area (TPSA) is 54.9 Å². The molecule has 1 aromatic heterocycles. The highest BCUT2D eigenvalue weighted by atomic mass is 16.1. The Labute approximate surface area is 102 Å². The Bertz CT molecular complexity index is 366. The maximum absolute atomic E-state index is 12.6. The number of nitrogens with zero attached hydrogens (tertiary/aromatic N) is 2. The fourth-order valence-corrected chi connectivity index (χ4v) is 2.66. The van der Waals surface area contributed by atoms with E-state index >= 15 is 0 Å². The van der Waals surface area contributed by atoms with Crippen molar-refractivity contribution in [3.8, 4) is 0 Å². The Morgan fingerprint density at radius 3 is 3.00 bits per heavy atom. The number of hydrogen-bond acceptors (Lipinski definition) is 4. The summed E-state index contributed by atoms with van der Waals surface area (Å²) in [6.07, 6.45) is 8.73. The van der Waals surface area contributed by atoms with Crippen molar-refractivity contribution in [3.05, 3.63) is 24.3 Å². The normalized spacial score (nSPS) is 24.5. The molecule has 0 bridgehead atoms. The summed E-state index contributed by atoms with van der Waals surface area (Å²) in [5.41, 5.74) is 0.243. The Balaban J connectivity index is 2.24. The van der Waals surface area contributed by atoms with Gasteiger partial charge in [0.2, 0.25) is 0 Å². The number of carbonyl (C=O) groups is 1. The van der Waals surface area contributed by atoms with Crippen molar-refractivity contribution < 1.29 is 4.79 Å². The molecular weight excluding hydrogens is 214 g/mol. The molecule has 0 spiro atoms. The zero-order valence-electron chi connectivity index (χ0n) is 10.3. The van der Waals surface area contributed by atoms with Crippen molar-refractivity contribution in [1.29, 1.82) is 0 Å². The molecule has 1 saturated heterocycles. The van der Waals surface area contributed by atoms with E-state index in [1.165, 1.54) is 0 Å². The second-order valence-corrected chi connectivity index (χ2v) is 4.73. The third-order valence-electron chi connectivity index (χ3n) is 3.48. The lowest BCUT2D eigenvalue weighted by Gasteiger charge is -2.35. The number of ketones is 1. The molecule has 0 saturated carbocycles. The smallest absolute Gasteiger partial charge is 0.190 e. The van der Waals surface area contributed by atoms with E-state index < -0.39 is 0 Å². The van der Waals surface area contributed by atoms with Crippen molar-refractivity contribution in [2.45, 2.75) is 32.6 Å². The molecule has 0 aliphatic carbocycles. The molecule has 0 radical (unpaired) electrons. The summed E-state index contributed by atoms with van der Waals surface area (Å²) in [6, 6.07) is 0. The van der Waals surface area contributed by atoms with E-state index in [0.29, 0.717) is 5.69 Å². The minimum Gasteiger partial charge on any atom is -0.316 e. The molecule has 4 nitrogen and oxygen atoms in total. The van der Waals surface area contributed by atoms with Crippen LogP contribution >= 0.6 is 0 Å². The molecule has 1 N–H and O–H groups in total. The molecular formula is C13H19N3O. The number of carbonyl (C=O) groups excluding carboxylic acids is 1. The number of piperidine rings is 1. The summed E-state index contributed by atoms with van der Waals surface area (Å²) in [5.74, 6) is 0.152. The van der Waals surface area contributed by atoms with Crippen LogP contribution in [0.2, 0.25) is 0 Å². The quantitative estimate of drug-likeness (QED) is 0.806. The first kappa shape index (κ1) is 12.2. The number of rotatable bonds is 4. The maximum atomic E-state index is 12.6. The minimum absolute atomic E-state index is 0.152. The van der Waals surface area contributed by atoms with Crippen LogP contribution in [-0.4, -0.2) is 28.8 Å². The average Bonchev–Trinajstić information content (AvgIpc) is 2.40. The highest BCUT2D eigenvalue weighted by Gasteiger charge is 2.39. The molecule has 2 heterocycles. The number of aromatic nitrogens is 2. The van der Waals surface area contributed by atoms with Gasteiger partial charge in [0, 0.05) is 24.4 Å². The van der Waals surface area contributed by atoms with Gasteiger partial charge in [0.05, 0.1) is 6.20 Å². The molecule has 0 aromatic carbocycles. The lowest BCUT2D eigenvalue weighted by atomic mass is 9.73. The molecule has 4 heteroatoms. The van der Waals surface area contributed by atoms with Crippen LogP contribution < -0.4 is 5.32 Å². The highest BCUT2D eigenvalue weighted by Crippen LogP contribution is 2.34. The third kappa shape index (κ3) is 2.52. The Morgan fingerprint density at radius 2 is 2.41 bits per heavy atom. The molecule has 17 heavy (non-hydrogen) atoms. The Morgan fingerprint density at radius 1 is 1.53 bits per heavy atom. The summed E-state index contributed by atoms with van der Waals surface area (Å²) in [5, 5.41) is 3.34. The van der Waals surface area contributed by atoms with Gasteiger partial charge in [-0.1, -0.05) is 13.3 Å². The van der Waals surface area contributed by atoms with Crippen LogP contribution in [0, 0.1) is 5.41 Å². The Kier molecular flexibility index (Phi) is 3.84. The van der Waals surface area contributed by atoms with Gasteiger partial charge in [-0.3, -0.25) is 9.78 Å². The monoisotopic (exact) mass is 233 g/mol. The van der Waals surface area contributed by atoms with E-state index in [1.54, 1.807) is 18.6 Å². The van der Waals surface area contributed by atoms with Gasteiger partial charge in [-0.05, 0) is 25.8 Å². The molecule has 1 fully saturated rings. The van der Waals surface area contributed by atoms with Crippen molar-refractivity contribution in [2.75, 3.05) is 13.1 Å². The van der Waals surface area contributed by atoms with Gasteiger partial charge in [-0.2, -0.15) is 0 Å². The van der Waals surface area contributed by atoms with Crippen LogP contribution in [0.3, 0.4) is 0 Å². The molecule has 92 valence electrons. The lowest BCUT2D eigenvalue weighted by Crippen LogP contribution is -2.45. The van der Waals surface area contributed by atoms with Crippen molar-refractivity contribution >= 4 is 5.78 Å². The second kappa shape index (κ2) is 5.36. The van der Waals surface area contributed by atoms with E-state index in [1.807, 2.05) is 0 Å². The first-order valence-corrected chi connectivity index (χ1v) is 6.30. The van der Waals surface area contributed by atoms with Crippen LogP contribution in [0.15, 0.2) is 18.6 Å². The van der Waals surface area contributed by atoms with E-state index in [4.69, 9.17) is 0 Å². The predicted octanol–water partition coefficient (Wildman–Crippen LogP) is 1.83. The van der Waals surface area contributed by atoms with E-state index in [2.05, 4.69) is 22.2 Å². The molecule has 1 atom stereocenters. The van der Waals surface area contributed by atoms with Gasteiger partial charge < -0.3 is 5.32 Å². The predicted molar refractivity (Wildman–Crippen MR) is 65.8 cm³/mol. The SMILES string of the molecule is CCCC1(C(=O)c2cnccn2)CCCNC1. The van der Waals surface area contributed by atoms with Crippen LogP contribution in [0.4, 0.5) is 0 Å². The number of nitrogens with one attached hydrogen (secondary N) is 1. The van der Waals surface area contributed by atoms with Crippen LogP contribution in [0.1, 0.15) is 43.1 Å². The summed E-state index contributed by atoms with van der Waals surface area (Å²) in [7, 11) is 0. The summed E-state index contributed by atoms with van der Waals surface area (Å²) in [6.45, 7) is 3.91. The van der Waals surface area contributed by atoms with Gasteiger partial charge in [-0.15, -0.1) is 0 Å². The summed E-state index contributed by atoms with van der Waals surface area (Å²) < 4.78 is 0. The van der Waals surface area contributed by atoms with E-state index in [9.17, 15) is 4.79 Å². The molecule has 1 aromatic rings. The lowest BCUT2D eigenvalue weighted by molar-refractivity contribution is 0.0711. The highest BCUT2D eigenvalue weighted by molar-refractivity contribution is 5.98. The van der Waals surface area contributed by atoms with Gasteiger partial charge in [-0.25, -0.2) is 4.98 Å². The fourth-order valence-electron chi connectivity index (χ4n) is 2.66. The summed E-state index contributed by atoms with van der Waals surface area (Å²) in [4.78, 5) is 20.7. The van der Waals surface area contributed by atoms with Crippen molar-refractivity contribution in [1.82, 2.24) is 15.3 Å². The standard InChI is InChI=1S/C13H19N3O/c1-2-4-13(5-3-6-15-10-13)12(17)11-9-14-7-8-16-11/h7-9,15H,2-6,10H2,1H3. The van der Waals surface area contributed by atoms with Crippen LogP contribution in [0.5, 0.6) is 0 Å². The third-order valence-corrected chi connectivity index (χ3v) is 3.48. The van der Waals surface area contributed by atoms with Gasteiger partial charge >= 0.3 is 0 Å². The van der Waals surface area contributed by atoms with Crippen LogP contribution in [0.25, 0.3) is 0 Å². The number of Topliss-reactive ketones (excluding diaryl/α,β-unsaturated/α-hetero) is 1. The first-order chi connectivity index (χ1) is 8.28. The van der Waals surface area contributed by atoms with E-state index in [-0.39, 0.29) is 11.2 Å². The van der Waals surface area contributed by atoms with Crippen LogP contribution in [-0.2, 0) is 0 Å². The fraction of sp³-hybridized carbons (Fsp3) is 0.615. The molecule has 1 unspecified atom stereocenters. The molecule has 1 aliphatic rings. The maximum Gasteiger partial charge on any atom is 0.190 e. The first-order valence-electron chi connectivity index (χ1n) is 6.30. The number of hydrogen-bond donors (Lipinski definition) is 1. The summed E-state index contributed by atoms with van der Waals surface area (Å²) >= 11 is 0. The zero-order valence-corrected chi connectivity index (χ0v) is 10.3. The minimum atomic E-state index is -0.261.